The summed E-state index contributed by atoms with van der Waals surface area (Å²) in [5.41, 5.74) is 2.95. The maximum Gasteiger partial charge on any atom is 0.494 e. The van der Waals surface area contributed by atoms with Gasteiger partial charge in [0.2, 0.25) is 0 Å². The van der Waals surface area contributed by atoms with Gasteiger partial charge in [0.05, 0.1) is 11.2 Å². The summed E-state index contributed by atoms with van der Waals surface area (Å²) in [5, 5.41) is 11.2. The normalized spacial score (nSPS) is 20.6. The Morgan fingerprint density at radius 1 is 1.11 bits per heavy atom. The summed E-state index contributed by atoms with van der Waals surface area (Å²) >= 11 is 0. The van der Waals surface area contributed by atoms with Crippen molar-refractivity contribution in [2.24, 2.45) is 0 Å². The zero-order valence-corrected chi connectivity index (χ0v) is 17.1. The van der Waals surface area contributed by atoms with Crippen LogP contribution in [0.25, 0.3) is 0 Å². The van der Waals surface area contributed by atoms with E-state index in [0.717, 1.165) is 28.2 Å². The van der Waals surface area contributed by atoms with Crippen LogP contribution >= 0.6 is 0 Å². The molecule has 0 amide bonds. The Kier molecular flexibility index (Phi) is 4.80. The van der Waals surface area contributed by atoms with Crippen LogP contribution in [-0.2, 0) is 9.31 Å². The molecule has 2 fully saturated rings. The molecule has 1 saturated carbocycles. The Hall–Kier alpha value is -2.18. The molecule has 0 atom stereocenters. The van der Waals surface area contributed by atoms with Crippen molar-refractivity contribution in [2.75, 3.05) is 5.32 Å². The zero-order valence-electron chi connectivity index (χ0n) is 17.1. The van der Waals surface area contributed by atoms with E-state index in [9.17, 15) is 0 Å². The van der Waals surface area contributed by atoms with Crippen molar-refractivity contribution in [3.8, 4) is 0 Å². The minimum absolute atomic E-state index is 0.385. The quantitative estimate of drug-likeness (QED) is 0.599. The number of rotatable bonds is 5. The molecule has 0 unspecified atom stereocenters. The molecule has 28 heavy (non-hydrogen) atoms. The summed E-state index contributed by atoms with van der Waals surface area (Å²) in [4.78, 5) is 4.79. The summed E-state index contributed by atoms with van der Waals surface area (Å²) in [7, 11) is -0.431. The van der Waals surface area contributed by atoms with Gasteiger partial charge in [-0.05, 0) is 64.2 Å². The highest BCUT2D eigenvalue weighted by Gasteiger charge is 2.51. The first kappa shape index (κ1) is 19.2. The van der Waals surface area contributed by atoms with E-state index in [1.54, 1.807) is 0 Å². The highest BCUT2D eigenvalue weighted by molar-refractivity contribution is 6.62. The zero-order chi connectivity index (χ0) is 19.9. The molecule has 5 nitrogen and oxygen atoms in total. The average molecular weight is 377 g/mol. The Balaban J connectivity index is 1.60. The van der Waals surface area contributed by atoms with Crippen molar-refractivity contribution in [3.05, 3.63) is 47.7 Å². The van der Waals surface area contributed by atoms with Gasteiger partial charge in [-0.15, -0.1) is 0 Å². The topological polar surface area (TPSA) is 67.2 Å². The summed E-state index contributed by atoms with van der Waals surface area (Å²) in [6.45, 7) is 8.20. The van der Waals surface area contributed by atoms with Crippen LogP contribution in [0.2, 0.25) is 0 Å². The summed E-state index contributed by atoms with van der Waals surface area (Å²) in [6.07, 6.45) is 5.09. The molecule has 0 bridgehead atoms. The number of nitrogens with one attached hydrogen (secondary N) is 2. The number of aromatic nitrogens is 1. The molecule has 1 aliphatic carbocycles. The summed E-state index contributed by atoms with van der Waals surface area (Å²) in [6, 6.07) is 12.0. The minimum Gasteiger partial charge on any atom is -0.399 e. The highest BCUT2D eigenvalue weighted by atomic mass is 16.7. The third-order valence-corrected chi connectivity index (χ3v) is 6.32. The van der Waals surface area contributed by atoms with Crippen LogP contribution in [0.4, 0.5) is 11.5 Å². The fourth-order valence-electron chi connectivity index (χ4n) is 3.52. The van der Waals surface area contributed by atoms with Crippen molar-refractivity contribution in [3.63, 3.8) is 0 Å². The van der Waals surface area contributed by atoms with E-state index >= 15 is 0 Å². The second-order valence-electron chi connectivity index (χ2n) is 8.78. The molecule has 0 radical (unpaired) electrons. The fraction of sp³-hybridized carbons (Fsp3) is 0.455. The van der Waals surface area contributed by atoms with Crippen LogP contribution in [-0.4, -0.2) is 29.5 Å². The first-order valence-corrected chi connectivity index (χ1v) is 10.0. The predicted molar refractivity (Wildman–Crippen MR) is 114 cm³/mol. The third kappa shape index (κ3) is 3.47. The van der Waals surface area contributed by atoms with Gasteiger partial charge >= 0.3 is 7.12 Å². The second-order valence-corrected chi connectivity index (χ2v) is 8.78. The number of pyridine rings is 1. The largest absolute Gasteiger partial charge is 0.494 e. The molecule has 2 N–H and O–H groups in total. The van der Waals surface area contributed by atoms with E-state index in [1.165, 1.54) is 25.5 Å². The average Bonchev–Trinajstić information content (AvgIpc) is 2.81. The standard InChI is InChI=1S/C22H28BN3O2/c1-21(2)22(3,4)28-23(27-21)17-12-11-16(14-24)19(13-17)26-20-10-6-9-18(25-20)15-7-5-8-15/h6,9-15,24H,5,7-8H2,1-4H3,(H,25,26). The molecule has 2 heterocycles. The maximum atomic E-state index is 7.76. The SMILES string of the molecule is CC1(C)OB(c2ccc(C=N)c(Nc3cccc(C4CCC4)n3)c2)OC1(C)C. The van der Waals surface area contributed by atoms with Crippen molar-refractivity contribution in [2.45, 2.75) is 64.1 Å². The Bertz CT molecular complexity index is 877. The maximum absolute atomic E-state index is 7.76. The molecule has 6 heteroatoms. The van der Waals surface area contributed by atoms with Gasteiger partial charge in [0.15, 0.2) is 0 Å². The van der Waals surface area contributed by atoms with Crippen LogP contribution in [0.5, 0.6) is 0 Å². The van der Waals surface area contributed by atoms with Gasteiger partial charge in [0, 0.05) is 29.1 Å². The molecule has 1 aliphatic heterocycles. The van der Waals surface area contributed by atoms with Crippen LogP contribution < -0.4 is 10.8 Å². The molecule has 2 aliphatic rings. The lowest BCUT2D eigenvalue weighted by Gasteiger charge is -2.32. The number of anilines is 2. The number of benzene rings is 1. The Morgan fingerprint density at radius 3 is 2.43 bits per heavy atom. The van der Waals surface area contributed by atoms with Gasteiger partial charge < -0.3 is 20.0 Å². The van der Waals surface area contributed by atoms with Gasteiger partial charge in [0.25, 0.3) is 0 Å². The molecular formula is C22H28BN3O2. The number of hydrogen-bond acceptors (Lipinski definition) is 5. The predicted octanol–water partition coefficient (Wildman–Crippen LogP) is 4.39. The van der Waals surface area contributed by atoms with Crippen LogP contribution in [0, 0.1) is 5.41 Å². The van der Waals surface area contributed by atoms with E-state index in [1.807, 2.05) is 58.0 Å². The van der Waals surface area contributed by atoms with Gasteiger partial charge in [-0.3, -0.25) is 0 Å². The number of nitrogens with zero attached hydrogens (tertiary/aromatic N) is 1. The molecule has 1 aromatic carbocycles. The van der Waals surface area contributed by atoms with Crippen LogP contribution in [0.1, 0.15) is 64.1 Å². The summed E-state index contributed by atoms with van der Waals surface area (Å²) in [5.74, 6) is 1.39. The van der Waals surface area contributed by atoms with Crippen molar-refractivity contribution in [1.82, 2.24) is 4.98 Å². The van der Waals surface area contributed by atoms with Crippen molar-refractivity contribution in [1.29, 1.82) is 5.41 Å². The first-order chi connectivity index (χ1) is 13.3. The lowest BCUT2D eigenvalue weighted by molar-refractivity contribution is 0.00578. The lowest BCUT2D eigenvalue weighted by Crippen LogP contribution is -2.41. The Labute approximate surface area is 167 Å². The molecule has 1 aromatic heterocycles. The van der Waals surface area contributed by atoms with Gasteiger partial charge in [-0.25, -0.2) is 4.98 Å². The van der Waals surface area contributed by atoms with Crippen molar-refractivity contribution >= 4 is 30.3 Å². The fourth-order valence-corrected chi connectivity index (χ4v) is 3.52. The second kappa shape index (κ2) is 7.01. The lowest BCUT2D eigenvalue weighted by atomic mass is 9.78. The molecule has 1 saturated heterocycles. The monoisotopic (exact) mass is 377 g/mol. The van der Waals surface area contributed by atoms with E-state index in [4.69, 9.17) is 19.7 Å². The smallest absolute Gasteiger partial charge is 0.399 e. The van der Waals surface area contributed by atoms with E-state index < -0.39 is 7.12 Å². The highest BCUT2D eigenvalue weighted by Crippen LogP contribution is 2.37. The van der Waals surface area contributed by atoms with Crippen LogP contribution in [0.3, 0.4) is 0 Å². The van der Waals surface area contributed by atoms with E-state index in [0.29, 0.717) is 5.92 Å². The first-order valence-electron chi connectivity index (χ1n) is 10.0. The molecule has 4 rings (SSSR count). The third-order valence-electron chi connectivity index (χ3n) is 6.32. The van der Waals surface area contributed by atoms with Gasteiger partial charge in [0.1, 0.15) is 5.82 Å². The number of hydrogen-bond donors (Lipinski definition) is 2. The summed E-state index contributed by atoms with van der Waals surface area (Å²) < 4.78 is 12.4. The van der Waals surface area contributed by atoms with Gasteiger partial charge in [-0.1, -0.05) is 24.6 Å². The minimum atomic E-state index is -0.431. The molecular weight excluding hydrogens is 349 g/mol. The van der Waals surface area contributed by atoms with Crippen LogP contribution in [0.15, 0.2) is 36.4 Å². The Morgan fingerprint density at radius 2 is 1.82 bits per heavy atom. The van der Waals surface area contributed by atoms with Crippen molar-refractivity contribution < 1.29 is 9.31 Å². The van der Waals surface area contributed by atoms with Gasteiger partial charge in [-0.2, -0.15) is 0 Å². The van der Waals surface area contributed by atoms with E-state index in [2.05, 4.69) is 11.4 Å². The molecule has 2 aromatic rings. The molecule has 0 spiro atoms. The van der Waals surface area contributed by atoms with E-state index in [-0.39, 0.29) is 11.2 Å². The molecule has 146 valence electrons.